The van der Waals surface area contributed by atoms with Crippen LogP contribution in [0.4, 0.5) is 11.4 Å². The number of halogens is 1. The van der Waals surface area contributed by atoms with E-state index in [0.717, 1.165) is 25.3 Å². The van der Waals surface area contributed by atoms with E-state index in [1.165, 1.54) is 12.1 Å². The van der Waals surface area contributed by atoms with Crippen LogP contribution in [0.15, 0.2) is 42.5 Å². The number of anilines is 1. The number of carbonyl (C=O) groups excluding carboxylic acids is 2. The molecular weight excluding hydrogens is 412 g/mol. The third-order valence-corrected chi connectivity index (χ3v) is 4.44. The monoisotopic (exact) mass is 434 g/mol. The molecule has 160 valence electrons. The van der Waals surface area contributed by atoms with Crippen LogP contribution in [0.25, 0.3) is 0 Å². The Kier molecular flexibility index (Phi) is 9.08. The molecule has 0 aliphatic carbocycles. The number of benzene rings is 2. The summed E-state index contributed by atoms with van der Waals surface area (Å²) < 4.78 is 10.6. The minimum Gasteiger partial charge on any atom is -0.491 e. The van der Waals surface area contributed by atoms with Crippen LogP contribution in [0, 0.1) is 10.1 Å². The number of para-hydroxylation sites is 2. The van der Waals surface area contributed by atoms with Gasteiger partial charge in [0.1, 0.15) is 5.75 Å². The third-order valence-electron chi connectivity index (χ3n) is 4.13. The first kappa shape index (κ1) is 23.2. The SMILES string of the molecule is CCOC(=O)CCCCCOc1ccccc1NC(=O)c1ccc([N+](=O)[O-])cc1Cl. The van der Waals surface area contributed by atoms with Crippen molar-refractivity contribution in [3.8, 4) is 5.75 Å². The zero-order valence-electron chi connectivity index (χ0n) is 16.6. The zero-order chi connectivity index (χ0) is 21.9. The summed E-state index contributed by atoms with van der Waals surface area (Å²) in [5.41, 5.74) is 0.391. The number of rotatable bonds is 11. The Balaban J connectivity index is 1.90. The number of nitrogens with zero attached hydrogens (tertiary/aromatic N) is 1. The fraction of sp³-hybridized carbons (Fsp3) is 0.333. The predicted octanol–water partition coefficient (Wildman–Crippen LogP) is 5.00. The predicted molar refractivity (Wildman–Crippen MR) is 113 cm³/mol. The fourth-order valence-corrected chi connectivity index (χ4v) is 2.91. The van der Waals surface area contributed by atoms with Crippen LogP contribution in [-0.2, 0) is 9.53 Å². The molecule has 8 nitrogen and oxygen atoms in total. The largest absolute Gasteiger partial charge is 0.491 e. The topological polar surface area (TPSA) is 108 Å². The minimum atomic E-state index is -0.580. The van der Waals surface area contributed by atoms with Gasteiger partial charge in [0, 0.05) is 18.6 Å². The number of nitro groups is 1. The van der Waals surface area contributed by atoms with Gasteiger partial charge in [-0.05, 0) is 44.4 Å². The average molecular weight is 435 g/mol. The summed E-state index contributed by atoms with van der Waals surface area (Å²) in [7, 11) is 0. The van der Waals surface area contributed by atoms with Crippen molar-refractivity contribution in [2.75, 3.05) is 18.5 Å². The molecule has 0 aliphatic rings. The molecule has 0 saturated carbocycles. The smallest absolute Gasteiger partial charge is 0.305 e. The Morgan fingerprint density at radius 1 is 1.13 bits per heavy atom. The van der Waals surface area contributed by atoms with Gasteiger partial charge in [0.2, 0.25) is 0 Å². The van der Waals surface area contributed by atoms with Gasteiger partial charge in [0.05, 0.1) is 34.4 Å². The first-order valence-electron chi connectivity index (χ1n) is 9.55. The van der Waals surface area contributed by atoms with Gasteiger partial charge in [-0.15, -0.1) is 0 Å². The number of nitrogens with one attached hydrogen (secondary N) is 1. The van der Waals surface area contributed by atoms with Gasteiger partial charge in [-0.1, -0.05) is 23.7 Å². The second kappa shape index (κ2) is 11.8. The summed E-state index contributed by atoms with van der Waals surface area (Å²) in [4.78, 5) is 34.1. The van der Waals surface area contributed by atoms with E-state index < -0.39 is 10.8 Å². The van der Waals surface area contributed by atoms with Crippen LogP contribution in [0.2, 0.25) is 5.02 Å². The molecule has 1 N–H and O–H groups in total. The van der Waals surface area contributed by atoms with Gasteiger partial charge in [0.25, 0.3) is 11.6 Å². The summed E-state index contributed by atoms with van der Waals surface area (Å²) in [6, 6.07) is 10.6. The summed E-state index contributed by atoms with van der Waals surface area (Å²) >= 11 is 6.02. The van der Waals surface area contributed by atoms with Gasteiger partial charge in [-0.2, -0.15) is 0 Å². The Labute approximate surface area is 179 Å². The van der Waals surface area contributed by atoms with Crippen LogP contribution in [0.3, 0.4) is 0 Å². The standard InChI is InChI=1S/C21H23ClN2O6/c1-2-29-20(25)10-4-3-7-13-30-19-9-6-5-8-18(19)23-21(26)16-12-11-15(24(27)28)14-17(16)22/h5-6,8-9,11-12,14H,2-4,7,10,13H2,1H3,(H,23,26). The first-order valence-corrected chi connectivity index (χ1v) is 9.93. The minimum absolute atomic E-state index is 0.0123. The van der Waals surface area contributed by atoms with Crippen LogP contribution in [0.1, 0.15) is 43.0 Å². The lowest BCUT2D eigenvalue weighted by Crippen LogP contribution is -2.14. The summed E-state index contributed by atoms with van der Waals surface area (Å²) in [6.45, 7) is 2.58. The van der Waals surface area contributed by atoms with Gasteiger partial charge in [-0.25, -0.2) is 0 Å². The number of unbranched alkanes of at least 4 members (excludes halogenated alkanes) is 2. The maximum Gasteiger partial charge on any atom is 0.305 e. The van der Waals surface area contributed by atoms with Crippen LogP contribution < -0.4 is 10.1 Å². The van der Waals surface area contributed by atoms with E-state index in [0.29, 0.717) is 31.1 Å². The molecule has 1 amide bonds. The Hall–Kier alpha value is -3.13. The van der Waals surface area contributed by atoms with E-state index in [4.69, 9.17) is 21.1 Å². The van der Waals surface area contributed by atoms with Crippen molar-refractivity contribution < 1.29 is 24.0 Å². The highest BCUT2D eigenvalue weighted by molar-refractivity contribution is 6.34. The molecule has 0 spiro atoms. The van der Waals surface area contributed by atoms with Crippen molar-refractivity contribution in [2.24, 2.45) is 0 Å². The maximum absolute atomic E-state index is 12.5. The molecule has 0 saturated heterocycles. The van der Waals surface area contributed by atoms with Gasteiger partial charge >= 0.3 is 5.97 Å². The second-order valence-electron chi connectivity index (χ2n) is 6.34. The van der Waals surface area contributed by atoms with Gasteiger partial charge in [-0.3, -0.25) is 19.7 Å². The molecule has 0 radical (unpaired) electrons. The normalized spacial score (nSPS) is 10.3. The third kappa shape index (κ3) is 7.04. The van der Waals surface area contributed by atoms with Crippen molar-refractivity contribution in [3.05, 3.63) is 63.2 Å². The molecule has 0 atom stereocenters. The molecule has 0 unspecified atom stereocenters. The molecule has 2 aromatic carbocycles. The van der Waals surface area contributed by atoms with E-state index >= 15 is 0 Å². The van der Waals surface area contributed by atoms with E-state index in [2.05, 4.69) is 5.32 Å². The highest BCUT2D eigenvalue weighted by Gasteiger charge is 2.16. The lowest BCUT2D eigenvalue weighted by molar-refractivity contribution is -0.384. The fourth-order valence-electron chi connectivity index (χ4n) is 2.65. The van der Waals surface area contributed by atoms with Crippen molar-refractivity contribution in [3.63, 3.8) is 0 Å². The number of non-ortho nitro benzene ring substituents is 1. The second-order valence-corrected chi connectivity index (χ2v) is 6.74. The molecule has 0 aliphatic heterocycles. The lowest BCUT2D eigenvalue weighted by Gasteiger charge is -2.13. The van der Waals surface area contributed by atoms with Crippen molar-refractivity contribution >= 4 is 34.9 Å². The van der Waals surface area contributed by atoms with Crippen molar-refractivity contribution in [1.82, 2.24) is 0 Å². The molecule has 2 rings (SSSR count). The molecule has 0 aromatic heterocycles. The zero-order valence-corrected chi connectivity index (χ0v) is 17.3. The molecule has 0 bridgehead atoms. The number of esters is 1. The summed E-state index contributed by atoms with van der Waals surface area (Å²) in [5, 5.41) is 13.5. The average Bonchev–Trinajstić information content (AvgIpc) is 2.71. The summed E-state index contributed by atoms with van der Waals surface area (Å²) in [6.07, 6.45) is 2.66. The van der Waals surface area contributed by atoms with Gasteiger partial charge < -0.3 is 14.8 Å². The number of ether oxygens (including phenoxy) is 2. The highest BCUT2D eigenvalue weighted by atomic mass is 35.5. The summed E-state index contributed by atoms with van der Waals surface area (Å²) in [5.74, 6) is -0.203. The number of hydrogen-bond acceptors (Lipinski definition) is 6. The van der Waals surface area contributed by atoms with E-state index in [1.807, 2.05) is 0 Å². The van der Waals surface area contributed by atoms with E-state index in [1.54, 1.807) is 31.2 Å². The Morgan fingerprint density at radius 3 is 2.60 bits per heavy atom. The Bertz CT molecular complexity index is 903. The number of hydrogen-bond donors (Lipinski definition) is 1. The maximum atomic E-state index is 12.5. The molecule has 9 heteroatoms. The number of nitro benzene ring substituents is 1. The molecule has 0 heterocycles. The van der Waals surface area contributed by atoms with Crippen LogP contribution in [-0.4, -0.2) is 30.0 Å². The van der Waals surface area contributed by atoms with Crippen molar-refractivity contribution in [1.29, 1.82) is 0 Å². The lowest BCUT2D eigenvalue weighted by atomic mass is 10.2. The molecular formula is C21H23ClN2O6. The molecule has 30 heavy (non-hydrogen) atoms. The molecule has 2 aromatic rings. The van der Waals surface area contributed by atoms with Gasteiger partial charge in [0.15, 0.2) is 0 Å². The van der Waals surface area contributed by atoms with Crippen LogP contribution >= 0.6 is 11.6 Å². The van der Waals surface area contributed by atoms with E-state index in [-0.39, 0.29) is 22.2 Å². The first-order chi connectivity index (χ1) is 14.4. The molecule has 0 fully saturated rings. The van der Waals surface area contributed by atoms with Crippen LogP contribution in [0.5, 0.6) is 5.75 Å². The Morgan fingerprint density at radius 2 is 1.90 bits per heavy atom. The number of amides is 1. The number of carbonyl (C=O) groups is 2. The van der Waals surface area contributed by atoms with Crippen molar-refractivity contribution in [2.45, 2.75) is 32.6 Å². The highest BCUT2D eigenvalue weighted by Crippen LogP contribution is 2.27. The quantitative estimate of drug-likeness (QED) is 0.230. The van der Waals surface area contributed by atoms with E-state index in [9.17, 15) is 19.7 Å².